The maximum atomic E-state index is 12.4. The van der Waals surface area contributed by atoms with Crippen molar-refractivity contribution < 1.29 is 14.4 Å². The van der Waals surface area contributed by atoms with Gasteiger partial charge in [0.1, 0.15) is 12.1 Å². The van der Waals surface area contributed by atoms with Gasteiger partial charge in [-0.05, 0) is 18.8 Å². The summed E-state index contributed by atoms with van der Waals surface area (Å²) in [6.07, 6.45) is 1.85. The molecule has 0 aliphatic rings. The lowest BCUT2D eigenvalue weighted by molar-refractivity contribution is -0.129. The highest BCUT2D eigenvalue weighted by molar-refractivity contribution is 5.89. The predicted molar refractivity (Wildman–Crippen MR) is 110 cm³/mol. The van der Waals surface area contributed by atoms with Gasteiger partial charge in [0.25, 0.3) is 0 Å². The van der Waals surface area contributed by atoms with E-state index in [1.54, 1.807) is 20.8 Å². The number of nitrogens with two attached hydrogens (primary N) is 3. The largest absolute Gasteiger partial charge is 0.403 e. The van der Waals surface area contributed by atoms with Crippen LogP contribution in [-0.4, -0.2) is 35.8 Å². The molecule has 2 unspecified atom stereocenters. The summed E-state index contributed by atoms with van der Waals surface area (Å²) in [6, 6.07) is -2.03. The van der Waals surface area contributed by atoms with Gasteiger partial charge < -0.3 is 33.2 Å². The van der Waals surface area contributed by atoms with Crippen LogP contribution in [0.4, 0.5) is 0 Å². The third-order valence-electron chi connectivity index (χ3n) is 4.07. The Morgan fingerprint density at radius 2 is 1.54 bits per heavy atom. The molecule has 0 spiro atoms. The minimum atomic E-state index is -0.776. The number of carbonyl (C=O) groups is 3. The maximum absolute atomic E-state index is 12.4. The van der Waals surface area contributed by atoms with E-state index in [2.05, 4.69) is 22.5 Å². The number of hydrogen-bond donors (Lipinski definition) is 6. The van der Waals surface area contributed by atoms with E-state index in [1.165, 1.54) is 6.20 Å². The molecular weight excluding hydrogens is 360 g/mol. The molecule has 0 rings (SSSR count). The van der Waals surface area contributed by atoms with Gasteiger partial charge in [-0.15, -0.1) is 0 Å². The highest BCUT2D eigenvalue weighted by Crippen LogP contribution is 2.09. The van der Waals surface area contributed by atoms with Crippen LogP contribution in [0, 0.1) is 11.8 Å². The van der Waals surface area contributed by atoms with E-state index < -0.39 is 29.9 Å². The van der Waals surface area contributed by atoms with Crippen LogP contribution >= 0.6 is 0 Å². The van der Waals surface area contributed by atoms with Gasteiger partial charge in [-0.25, -0.2) is 0 Å². The summed E-state index contributed by atoms with van der Waals surface area (Å²) in [4.78, 5) is 36.0. The Labute approximate surface area is 167 Å². The Hall–Kier alpha value is -2.71. The Morgan fingerprint density at radius 1 is 0.964 bits per heavy atom. The molecule has 3 amide bonds. The average Bonchev–Trinajstić information content (AvgIpc) is 2.56. The molecule has 0 bridgehead atoms. The lowest BCUT2D eigenvalue weighted by Gasteiger charge is -2.27. The fourth-order valence-electron chi connectivity index (χ4n) is 2.48. The molecule has 3 atom stereocenters. The average molecular weight is 397 g/mol. The molecule has 0 aromatic rings. The third kappa shape index (κ3) is 9.29. The molecular formula is C19H36N6O3. The zero-order chi connectivity index (χ0) is 22.0. The van der Waals surface area contributed by atoms with Crippen LogP contribution in [0.2, 0.25) is 0 Å². The summed E-state index contributed by atoms with van der Waals surface area (Å²) in [5.74, 6) is -1.12. The summed E-state index contributed by atoms with van der Waals surface area (Å²) in [5, 5.41) is 8.42. The SMILES string of the molecule is C=C(N[C@@H](C)C(=O)NC(C(N)=O)C(C)C)C(C/C(N)=C/N)NC(=O)CC(C)C. The summed E-state index contributed by atoms with van der Waals surface area (Å²) < 4.78 is 0. The van der Waals surface area contributed by atoms with Crippen molar-refractivity contribution in [2.75, 3.05) is 0 Å². The van der Waals surface area contributed by atoms with Crippen LogP contribution in [0.25, 0.3) is 0 Å². The monoisotopic (exact) mass is 396 g/mol. The van der Waals surface area contributed by atoms with Gasteiger partial charge in [0, 0.05) is 30.4 Å². The number of amides is 3. The Morgan fingerprint density at radius 3 is 1.96 bits per heavy atom. The van der Waals surface area contributed by atoms with Crippen LogP contribution < -0.4 is 33.2 Å². The van der Waals surface area contributed by atoms with Gasteiger partial charge in [0.2, 0.25) is 17.7 Å². The topological polar surface area (TPSA) is 165 Å². The van der Waals surface area contributed by atoms with E-state index in [0.29, 0.717) is 17.8 Å². The van der Waals surface area contributed by atoms with E-state index in [9.17, 15) is 14.4 Å². The fraction of sp³-hybridized carbons (Fsp3) is 0.632. The molecule has 0 aromatic heterocycles. The lowest BCUT2D eigenvalue weighted by Crippen LogP contribution is -2.53. The van der Waals surface area contributed by atoms with E-state index in [-0.39, 0.29) is 24.2 Å². The smallest absolute Gasteiger partial charge is 0.242 e. The Kier molecular flexibility index (Phi) is 10.7. The van der Waals surface area contributed by atoms with Crippen LogP contribution in [0.15, 0.2) is 24.2 Å². The minimum Gasteiger partial charge on any atom is -0.403 e. The molecule has 9 N–H and O–H groups in total. The second-order valence-corrected chi connectivity index (χ2v) is 7.69. The maximum Gasteiger partial charge on any atom is 0.242 e. The standard InChI is InChI=1S/C19H36N6O3/c1-10(2)7-16(26)24-15(8-14(21)9-20)12(5)23-13(6)19(28)25-17(11(3)4)18(22)27/h9-11,13,15,17,23H,5,7-8,20-21H2,1-4,6H3,(H2,22,27)(H,24,26)(H,25,28)/b14-9-/t13-,15?,17?/m0/s1. The van der Waals surface area contributed by atoms with Crippen molar-refractivity contribution in [2.24, 2.45) is 29.0 Å². The summed E-state index contributed by atoms with van der Waals surface area (Å²) in [6.45, 7) is 13.0. The molecule has 0 saturated heterocycles. The molecule has 9 nitrogen and oxygen atoms in total. The van der Waals surface area contributed by atoms with Crippen molar-refractivity contribution in [1.82, 2.24) is 16.0 Å². The Bertz CT molecular complexity index is 600. The van der Waals surface area contributed by atoms with Crippen molar-refractivity contribution in [1.29, 1.82) is 0 Å². The molecule has 0 radical (unpaired) electrons. The van der Waals surface area contributed by atoms with Gasteiger partial charge in [-0.1, -0.05) is 34.3 Å². The summed E-state index contributed by atoms with van der Waals surface area (Å²) in [5.41, 5.74) is 17.3. The Balaban J connectivity index is 5.09. The van der Waals surface area contributed by atoms with E-state index in [1.807, 2.05) is 13.8 Å². The normalized spacial score (nSPS) is 14.9. The van der Waals surface area contributed by atoms with Crippen molar-refractivity contribution in [3.8, 4) is 0 Å². The van der Waals surface area contributed by atoms with Crippen molar-refractivity contribution in [3.63, 3.8) is 0 Å². The first-order chi connectivity index (χ1) is 12.9. The zero-order valence-corrected chi connectivity index (χ0v) is 17.5. The first-order valence-corrected chi connectivity index (χ1v) is 9.39. The minimum absolute atomic E-state index is 0.144. The summed E-state index contributed by atoms with van der Waals surface area (Å²) in [7, 11) is 0. The van der Waals surface area contributed by atoms with Crippen LogP contribution in [-0.2, 0) is 14.4 Å². The van der Waals surface area contributed by atoms with Crippen LogP contribution in [0.1, 0.15) is 47.5 Å². The van der Waals surface area contributed by atoms with Crippen LogP contribution in [0.3, 0.4) is 0 Å². The molecule has 160 valence electrons. The molecule has 0 aromatic carbocycles. The summed E-state index contributed by atoms with van der Waals surface area (Å²) >= 11 is 0. The van der Waals surface area contributed by atoms with Gasteiger partial charge in [0.05, 0.1) is 6.04 Å². The second kappa shape index (κ2) is 11.9. The number of hydrogen-bond acceptors (Lipinski definition) is 6. The molecule has 0 heterocycles. The van der Waals surface area contributed by atoms with Gasteiger partial charge >= 0.3 is 0 Å². The first kappa shape index (κ1) is 25.3. The highest BCUT2D eigenvalue weighted by Gasteiger charge is 2.26. The number of carbonyl (C=O) groups excluding carboxylic acids is 3. The number of primary amides is 1. The molecule has 0 saturated carbocycles. The highest BCUT2D eigenvalue weighted by atomic mass is 16.2. The molecule has 28 heavy (non-hydrogen) atoms. The van der Waals surface area contributed by atoms with E-state index >= 15 is 0 Å². The fourth-order valence-corrected chi connectivity index (χ4v) is 2.48. The van der Waals surface area contributed by atoms with Gasteiger partial charge in [-0.2, -0.15) is 0 Å². The quantitative estimate of drug-likeness (QED) is 0.267. The van der Waals surface area contributed by atoms with Gasteiger partial charge in [0.15, 0.2) is 0 Å². The van der Waals surface area contributed by atoms with Crippen molar-refractivity contribution in [2.45, 2.75) is 65.6 Å². The molecule has 0 aliphatic carbocycles. The molecule has 0 fully saturated rings. The first-order valence-electron chi connectivity index (χ1n) is 9.39. The number of rotatable bonds is 12. The van der Waals surface area contributed by atoms with E-state index in [4.69, 9.17) is 17.2 Å². The third-order valence-corrected chi connectivity index (χ3v) is 4.07. The van der Waals surface area contributed by atoms with Crippen molar-refractivity contribution in [3.05, 3.63) is 24.2 Å². The second-order valence-electron chi connectivity index (χ2n) is 7.69. The van der Waals surface area contributed by atoms with Crippen molar-refractivity contribution >= 4 is 17.7 Å². The molecule has 0 aliphatic heterocycles. The van der Waals surface area contributed by atoms with Crippen LogP contribution in [0.5, 0.6) is 0 Å². The zero-order valence-electron chi connectivity index (χ0n) is 17.5. The lowest BCUT2D eigenvalue weighted by atomic mass is 10.0. The van der Waals surface area contributed by atoms with Gasteiger partial charge in [-0.3, -0.25) is 14.4 Å². The number of nitrogens with one attached hydrogen (secondary N) is 3. The molecule has 9 heteroatoms. The predicted octanol–water partition coefficient (Wildman–Crippen LogP) is -0.216. The van der Waals surface area contributed by atoms with E-state index in [0.717, 1.165) is 0 Å².